The maximum absolute atomic E-state index is 5.94. The number of nitrogens with two attached hydrogens (primary N) is 1. The van der Waals surface area contributed by atoms with Gasteiger partial charge >= 0.3 is 0 Å². The molecule has 2 N–H and O–H groups in total. The number of hydrogen-bond donors (Lipinski definition) is 1. The van der Waals surface area contributed by atoms with Crippen LogP contribution in [0.15, 0.2) is 29.3 Å². The van der Waals surface area contributed by atoms with Crippen LogP contribution in [0.3, 0.4) is 0 Å². The highest BCUT2D eigenvalue weighted by atomic mass is 79.9. The van der Waals surface area contributed by atoms with Gasteiger partial charge in [-0.2, -0.15) is 0 Å². The van der Waals surface area contributed by atoms with Crippen molar-refractivity contribution in [2.45, 2.75) is 6.61 Å². The molecule has 0 saturated heterocycles. The fraction of sp³-hybridized carbons (Fsp3) is 0.100. The minimum atomic E-state index is 0.235. The minimum Gasteiger partial charge on any atom is -0.470 e. The van der Waals surface area contributed by atoms with Crippen LogP contribution in [0, 0.1) is 0 Å². The molecule has 5 nitrogen and oxygen atoms in total. The van der Waals surface area contributed by atoms with Gasteiger partial charge < -0.3 is 10.5 Å². The molecule has 2 heterocycles. The Bertz CT molecular complexity index is 537. The summed E-state index contributed by atoms with van der Waals surface area (Å²) in [6.07, 6.45) is 4.69. The number of anilines is 1. The van der Waals surface area contributed by atoms with E-state index in [2.05, 4.69) is 30.9 Å². The first-order chi connectivity index (χ1) is 8.16. The Labute approximate surface area is 111 Å². The number of nitrogen functional groups attached to an aromatic ring is 1. The molecule has 0 amide bonds. The molecule has 0 aliphatic carbocycles. The summed E-state index contributed by atoms with van der Waals surface area (Å²) in [4.78, 5) is 11.9. The molecule has 0 spiro atoms. The average molecular weight is 316 g/mol. The summed E-state index contributed by atoms with van der Waals surface area (Å²) in [6.45, 7) is 0.261. The zero-order valence-electron chi connectivity index (χ0n) is 8.60. The predicted octanol–water partition coefficient (Wildman–Crippen LogP) is 2.45. The molecule has 0 atom stereocenters. The second kappa shape index (κ2) is 5.29. The highest BCUT2D eigenvalue weighted by molar-refractivity contribution is 9.10. The number of halogens is 2. The third-order valence-electron chi connectivity index (χ3n) is 1.96. The number of rotatable bonds is 3. The van der Waals surface area contributed by atoms with Gasteiger partial charge in [0.15, 0.2) is 5.82 Å². The lowest BCUT2D eigenvalue weighted by molar-refractivity contribution is 0.294. The lowest BCUT2D eigenvalue weighted by Crippen LogP contribution is -2.03. The fourth-order valence-corrected chi connectivity index (χ4v) is 1.57. The van der Waals surface area contributed by atoms with Gasteiger partial charge in [0, 0.05) is 18.0 Å². The third-order valence-corrected chi connectivity index (χ3v) is 2.68. The normalized spacial score (nSPS) is 10.2. The zero-order chi connectivity index (χ0) is 12.3. The average Bonchev–Trinajstić information content (AvgIpc) is 2.32. The second-order valence-electron chi connectivity index (χ2n) is 3.14. The van der Waals surface area contributed by atoms with Gasteiger partial charge in [0.2, 0.25) is 0 Å². The summed E-state index contributed by atoms with van der Waals surface area (Å²) < 4.78 is 6.00. The van der Waals surface area contributed by atoms with Gasteiger partial charge in [0.25, 0.3) is 5.88 Å². The molecular weight excluding hydrogens is 307 g/mol. The van der Waals surface area contributed by atoms with E-state index in [1.807, 2.05) is 0 Å². The van der Waals surface area contributed by atoms with E-state index in [0.717, 1.165) is 5.56 Å². The molecule has 0 aromatic carbocycles. The molecule has 0 unspecified atom stereocenters. The Morgan fingerprint density at radius 1 is 1.41 bits per heavy atom. The van der Waals surface area contributed by atoms with Crippen LogP contribution in [0.4, 0.5) is 5.82 Å². The summed E-state index contributed by atoms with van der Waals surface area (Å²) in [7, 11) is 0. The Hall–Kier alpha value is -1.40. The number of ether oxygens (including phenoxy) is 1. The summed E-state index contributed by atoms with van der Waals surface area (Å²) >= 11 is 9.13. The van der Waals surface area contributed by atoms with Crippen molar-refractivity contribution in [3.63, 3.8) is 0 Å². The summed E-state index contributed by atoms with van der Waals surface area (Å²) in [6, 6.07) is 1.77. The molecule has 0 fully saturated rings. The molecular formula is C10H8BrClN4O. The molecule has 2 aromatic rings. The van der Waals surface area contributed by atoms with Crippen molar-refractivity contribution in [3.05, 3.63) is 39.8 Å². The van der Waals surface area contributed by atoms with E-state index < -0.39 is 0 Å². The highest BCUT2D eigenvalue weighted by Gasteiger charge is 2.06. The van der Waals surface area contributed by atoms with Gasteiger partial charge in [-0.3, -0.25) is 4.98 Å². The summed E-state index contributed by atoms with van der Waals surface area (Å²) in [5.74, 6) is 0.505. The predicted molar refractivity (Wildman–Crippen MR) is 67.7 cm³/mol. The van der Waals surface area contributed by atoms with Gasteiger partial charge in [0.05, 0.1) is 11.2 Å². The number of aromatic nitrogens is 3. The van der Waals surface area contributed by atoms with Crippen LogP contribution in [0.2, 0.25) is 5.02 Å². The van der Waals surface area contributed by atoms with Crippen LogP contribution >= 0.6 is 27.5 Å². The van der Waals surface area contributed by atoms with Crippen molar-refractivity contribution in [1.29, 1.82) is 0 Å². The van der Waals surface area contributed by atoms with Gasteiger partial charge in [-0.25, -0.2) is 9.97 Å². The third kappa shape index (κ3) is 3.04. The van der Waals surface area contributed by atoms with Crippen molar-refractivity contribution in [1.82, 2.24) is 15.0 Å². The van der Waals surface area contributed by atoms with E-state index in [-0.39, 0.29) is 18.3 Å². The zero-order valence-corrected chi connectivity index (χ0v) is 10.9. The monoisotopic (exact) mass is 314 g/mol. The highest BCUT2D eigenvalue weighted by Crippen LogP contribution is 2.21. The molecule has 88 valence electrons. The first kappa shape index (κ1) is 12.1. The van der Waals surface area contributed by atoms with E-state index in [0.29, 0.717) is 9.63 Å². The Morgan fingerprint density at radius 3 is 3.00 bits per heavy atom. The van der Waals surface area contributed by atoms with Crippen molar-refractivity contribution in [2.75, 3.05) is 5.73 Å². The molecule has 0 saturated carbocycles. The Kier molecular flexibility index (Phi) is 3.75. The molecule has 0 aliphatic rings. The van der Waals surface area contributed by atoms with Gasteiger partial charge in [-0.05, 0) is 22.0 Å². The fourth-order valence-electron chi connectivity index (χ4n) is 1.13. The first-order valence-corrected chi connectivity index (χ1v) is 5.83. The minimum absolute atomic E-state index is 0.235. The van der Waals surface area contributed by atoms with Crippen molar-refractivity contribution < 1.29 is 4.74 Å². The first-order valence-electron chi connectivity index (χ1n) is 4.66. The summed E-state index contributed by atoms with van der Waals surface area (Å²) in [5.41, 5.74) is 6.44. The standard InChI is InChI=1S/C10H8BrClN4O/c11-8-4-15-9(13)10(16-8)17-5-6-1-2-14-3-7(6)12/h1-4H,5H2,(H2,13,15). The van der Waals surface area contributed by atoms with Crippen molar-refractivity contribution >= 4 is 33.3 Å². The molecule has 0 bridgehead atoms. The van der Waals surface area contributed by atoms with Crippen LogP contribution in [-0.2, 0) is 6.61 Å². The Balaban J connectivity index is 2.12. The van der Waals surface area contributed by atoms with Crippen LogP contribution in [0.1, 0.15) is 5.56 Å². The largest absolute Gasteiger partial charge is 0.470 e. The van der Waals surface area contributed by atoms with Crippen LogP contribution in [0.5, 0.6) is 5.88 Å². The van der Waals surface area contributed by atoms with Crippen molar-refractivity contribution in [2.24, 2.45) is 0 Å². The second-order valence-corrected chi connectivity index (χ2v) is 4.36. The van der Waals surface area contributed by atoms with E-state index in [1.54, 1.807) is 18.5 Å². The van der Waals surface area contributed by atoms with E-state index >= 15 is 0 Å². The van der Waals surface area contributed by atoms with Crippen LogP contribution < -0.4 is 10.5 Å². The molecule has 17 heavy (non-hydrogen) atoms. The van der Waals surface area contributed by atoms with Gasteiger partial charge in [-0.15, -0.1) is 0 Å². The van der Waals surface area contributed by atoms with Crippen molar-refractivity contribution in [3.8, 4) is 5.88 Å². The molecule has 0 radical (unpaired) electrons. The van der Waals surface area contributed by atoms with Crippen LogP contribution in [-0.4, -0.2) is 15.0 Å². The molecule has 2 aromatic heterocycles. The van der Waals surface area contributed by atoms with E-state index in [9.17, 15) is 0 Å². The Morgan fingerprint density at radius 2 is 2.24 bits per heavy atom. The van der Waals surface area contributed by atoms with E-state index in [1.165, 1.54) is 6.20 Å². The summed E-state index contributed by atoms with van der Waals surface area (Å²) in [5, 5.41) is 0.536. The molecule has 2 rings (SSSR count). The molecule has 0 aliphatic heterocycles. The smallest absolute Gasteiger partial charge is 0.258 e. The molecule has 7 heteroatoms. The number of nitrogens with zero attached hydrogens (tertiary/aromatic N) is 3. The van der Waals surface area contributed by atoms with Crippen LogP contribution in [0.25, 0.3) is 0 Å². The van der Waals surface area contributed by atoms with Gasteiger partial charge in [0.1, 0.15) is 11.2 Å². The maximum atomic E-state index is 5.94. The topological polar surface area (TPSA) is 73.9 Å². The quantitative estimate of drug-likeness (QED) is 0.941. The number of pyridine rings is 1. The van der Waals surface area contributed by atoms with Gasteiger partial charge in [-0.1, -0.05) is 11.6 Å². The maximum Gasteiger partial charge on any atom is 0.258 e. The number of hydrogen-bond acceptors (Lipinski definition) is 5. The lowest BCUT2D eigenvalue weighted by atomic mass is 10.3. The SMILES string of the molecule is Nc1ncc(Br)nc1OCc1ccncc1Cl. The lowest BCUT2D eigenvalue weighted by Gasteiger charge is -2.08. The van der Waals surface area contributed by atoms with E-state index in [4.69, 9.17) is 22.1 Å².